The second kappa shape index (κ2) is 11.3. The van der Waals surface area contributed by atoms with E-state index in [1.807, 2.05) is 6.07 Å². The number of nitriles is 1. The first-order valence-electron chi connectivity index (χ1n) is 9.41. The lowest BCUT2D eigenvalue weighted by molar-refractivity contribution is -0.124. The molecule has 0 aliphatic heterocycles. The number of hydrogen-bond acceptors (Lipinski definition) is 6. The summed E-state index contributed by atoms with van der Waals surface area (Å²) in [5.41, 5.74) is 2.70. The molecule has 0 bridgehead atoms. The number of amides is 2. The average Bonchev–Trinajstić information content (AvgIpc) is 2.77. The van der Waals surface area contributed by atoms with Crippen molar-refractivity contribution in [1.82, 2.24) is 5.48 Å². The van der Waals surface area contributed by atoms with Gasteiger partial charge in [0.2, 0.25) is 0 Å². The summed E-state index contributed by atoms with van der Waals surface area (Å²) in [5, 5.41) is 29.3. The van der Waals surface area contributed by atoms with E-state index >= 15 is 0 Å². The number of phenolic OH excluding ortho intramolecular Hbond substituents is 1. The van der Waals surface area contributed by atoms with Gasteiger partial charge in [0.15, 0.2) is 11.6 Å². The summed E-state index contributed by atoms with van der Waals surface area (Å²) >= 11 is 0. The summed E-state index contributed by atoms with van der Waals surface area (Å²) in [7, 11) is 0. The van der Waals surface area contributed by atoms with Crippen molar-refractivity contribution in [3.05, 3.63) is 71.6 Å². The Balaban J connectivity index is 2.13. The third-order valence-electron chi connectivity index (χ3n) is 4.48. The molecule has 0 radical (unpaired) electrons. The Kier molecular flexibility index (Phi) is 8.54. The quantitative estimate of drug-likeness (QED) is 0.284. The average molecular weight is 427 g/mol. The van der Waals surface area contributed by atoms with Gasteiger partial charge in [-0.15, -0.1) is 0 Å². The molecule has 0 aliphatic carbocycles. The molecule has 0 spiro atoms. The number of phenols is 1. The van der Waals surface area contributed by atoms with Gasteiger partial charge in [-0.1, -0.05) is 19.1 Å². The highest BCUT2D eigenvalue weighted by Gasteiger charge is 2.24. The highest BCUT2D eigenvalue weighted by molar-refractivity contribution is 5.86. The topological polar surface area (TPSA) is 132 Å². The number of allylic oxidation sites excluding steroid dienone is 1. The molecular formula is C22H22FN3O5. The van der Waals surface area contributed by atoms with Crippen LogP contribution in [0.5, 0.6) is 5.75 Å². The van der Waals surface area contributed by atoms with E-state index in [9.17, 15) is 19.1 Å². The number of rotatable bonds is 8. The molecule has 0 aromatic heterocycles. The molecular weight excluding hydrogens is 405 g/mol. The van der Waals surface area contributed by atoms with Gasteiger partial charge in [0, 0.05) is 11.8 Å². The van der Waals surface area contributed by atoms with Gasteiger partial charge < -0.3 is 9.84 Å². The molecule has 2 aromatic carbocycles. The standard InChI is InChI=1S/C22H22FN3O5/c1-14(4-2-3-5-20(28)26-30)21(16-8-11-19(27)18(23)12-16)31-22(29)25-17-9-6-15(13-24)7-10-17/h3,5-12,14,21,27,30H,2,4H2,1H3,(H,25,29)(H,26,28)/b5-3+/t14-,21-/m0/s1. The van der Waals surface area contributed by atoms with Crippen LogP contribution in [0.15, 0.2) is 54.6 Å². The molecule has 0 aliphatic rings. The molecule has 9 heteroatoms. The first kappa shape index (κ1) is 23.4. The van der Waals surface area contributed by atoms with Gasteiger partial charge in [-0.25, -0.2) is 14.7 Å². The molecule has 4 N–H and O–H groups in total. The molecule has 0 heterocycles. The van der Waals surface area contributed by atoms with Crippen LogP contribution in [0, 0.1) is 23.1 Å². The van der Waals surface area contributed by atoms with Crippen molar-refractivity contribution in [2.45, 2.75) is 25.9 Å². The number of nitrogens with one attached hydrogen (secondary N) is 2. The minimum absolute atomic E-state index is 0.280. The van der Waals surface area contributed by atoms with Crippen LogP contribution in [0.2, 0.25) is 0 Å². The highest BCUT2D eigenvalue weighted by Crippen LogP contribution is 2.32. The van der Waals surface area contributed by atoms with Gasteiger partial charge in [0.1, 0.15) is 6.10 Å². The number of aromatic hydroxyl groups is 1. The Labute approximate surface area is 178 Å². The van der Waals surface area contributed by atoms with Crippen molar-refractivity contribution >= 4 is 17.7 Å². The Morgan fingerprint density at radius 3 is 2.58 bits per heavy atom. The van der Waals surface area contributed by atoms with E-state index in [0.29, 0.717) is 29.7 Å². The number of carbonyl (C=O) groups is 2. The molecule has 0 fully saturated rings. The van der Waals surface area contributed by atoms with Crippen LogP contribution in [0.25, 0.3) is 0 Å². The van der Waals surface area contributed by atoms with Gasteiger partial charge in [0.05, 0.1) is 11.6 Å². The maximum absolute atomic E-state index is 13.9. The summed E-state index contributed by atoms with van der Waals surface area (Å²) in [4.78, 5) is 23.5. The minimum Gasteiger partial charge on any atom is -0.505 e. The summed E-state index contributed by atoms with van der Waals surface area (Å²) in [6.45, 7) is 1.80. The number of anilines is 1. The fourth-order valence-electron chi connectivity index (χ4n) is 2.84. The van der Waals surface area contributed by atoms with E-state index in [2.05, 4.69) is 5.32 Å². The SMILES string of the molecule is C[C@@H](CC/C=C/C(=O)NO)[C@H](OC(=O)Nc1ccc(C#N)cc1)c1ccc(O)c(F)c1. The Bertz CT molecular complexity index is 986. The first-order valence-corrected chi connectivity index (χ1v) is 9.41. The number of benzene rings is 2. The number of hydroxylamine groups is 1. The number of hydrogen-bond donors (Lipinski definition) is 4. The summed E-state index contributed by atoms with van der Waals surface area (Å²) in [6, 6.07) is 11.9. The number of nitrogens with zero attached hydrogens (tertiary/aromatic N) is 1. The number of carbonyl (C=O) groups excluding carboxylic acids is 2. The van der Waals surface area contributed by atoms with Gasteiger partial charge in [-0.05, 0) is 60.7 Å². The largest absolute Gasteiger partial charge is 0.505 e. The van der Waals surface area contributed by atoms with Crippen LogP contribution in [-0.2, 0) is 9.53 Å². The lowest BCUT2D eigenvalue weighted by Crippen LogP contribution is -2.22. The van der Waals surface area contributed by atoms with E-state index < -0.39 is 29.7 Å². The zero-order chi connectivity index (χ0) is 22.8. The van der Waals surface area contributed by atoms with Crippen molar-refractivity contribution < 1.29 is 29.0 Å². The van der Waals surface area contributed by atoms with Gasteiger partial charge in [-0.2, -0.15) is 5.26 Å². The number of halogens is 1. The van der Waals surface area contributed by atoms with Gasteiger partial charge in [0.25, 0.3) is 5.91 Å². The maximum atomic E-state index is 13.9. The lowest BCUT2D eigenvalue weighted by Gasteiger charge is -2.25. The summed E-state index contributed by atoms with van der Waals surface area (Å²) in [6.07, 6.45) is 2.02. The van der Waals surface area contributed by atoms with E-state index in [0.717, 1.165) is 6.07 Å². The molecule has 2 rings (SSSR count). The van der Waals surface area contributed by atoms with E-state index in [4.69, 9.17) is 15.2 Å². The maximum Gasteiger partial charge on any atom is 0.412 e. The lowest BCUT2D eigenvalue weighted by atomic mass is 9.93. The van der Waals surface area contributed by atoms with E-state index in [1.165, 1.54) is 23.7 Å². The zero-order valence-corrected chi connectivity index (χ0v) is 16.7. The highest BCUT2D eigenvalue weighted by atomic mass is 19.1. The normalized spacial score (nSPS) is 12.6. The van der Waals surface area contributed by atoms with Gasteiger partial charge >= 0.3 is 6.09 Å². The van der Waals surface area contributed by atoms with Crippen LogP contribution in [0.1, 0.15) is 37.0 Å². The van der Waals surface area contributed by atoms with Crippen LogP contribution >= 0.6 is 0 Å². The first-order chi connectivity index (χ1) is 14.8. The van der Waals surface area contributed by atoms with Crippen molar-refractivity contribution in [3.8, 4) is 11.8 Å². The van der Waals surface area contributed by atoms with Crippen LogP contribution in [0.3, 0.4) is 0 Å². The van der Waals surface area contributed by atoms with Crippen LogP contribution < -0.4 is 10.8 Å². The Morgan fingerprint density at radius 1 is 1.26 bits per heavy atom. The van der Waals surface area contributed by atoms with E-state index in [-0.39, 0.29) is 5.92 Å². The fourth-order valence-corrected chi connectivity index (χ4v) is 2.84. The second-order valence-corrected chi connectivity index (χ2v) is 6.78. The second-order valence-electron chi connectivity index (χ2n) is 6.78. The van der Waals surface area contributed by atoms with E-state index in [1.54, 1.807) is 37.3 Å². The van der Waals surface area contributed by atoms with Crippen molar-refractivity contribution in [2.24, 2.45) is 5.92 Å². The summed E-state index contributed by atoms with van der Waals surface area (Å²) in [5.74, 6) is -2.30. The zero-order valence-electron chi connectivity index (χ0n) is 16.7. The molecule has 0 unspecified atom stereocenters. The molecule has 8 nitrogen and oxygen atoms in total. The molecule has 0 saturated heterocycles. The van der Waals surface area contributed by atoms with Gasteiger partial charge in [-0.3, -0.25) is 15.3 Å². The predicted octanol–water partition coefficient (Wildman–Crippen LogP) is 4.17. The van der Waals surface area contributed by atoms with Crippen molar-refractivity contribution in [2.75, 3.05) is 5.32 Å². The summed E-state index contributed by atoms with van der Waals surface area (Å²) < 4.78 is 19.4. The Morgan fingerprint density at radius 2 is 1.97 bits per heavy atom. The van der Waals surface area contributed by atoms with Crippen LogP contribution in [-0.4, -0.2) is 22.3 Å². The van der Waals surface area contributed by atoms with Crippen molar-refractivity contribution in [3.63, 3.8) is 0 Å². The molecule has 2 amide bonds. The number of ether oxygens (including phenoxy) is 1. The molecule has 2 aromatic rings. The van der Waals surface area contributed by atoms with Crippen molar-refractivity contribution in [1.29, 1.82) is 5.26 Å². The smallest absolute Gasteiger partial charge is 0.412 e. The fraction of sp³-hybridized carbons (Fsp3) is 0.227. The van der Waals surface area contributed by atoms with Crippen LogP contribution in [0.4, 0.5) is 14.9 Å². The minimum atomic E-state index is -0.842. The molecule has 2 atom stereocenters. The molecule has 162 valence electrons. The monoisotopic (exact) mass is 427 g/mol. The third-order valence-corrected chi connectivity index (χ3v) is 4.48. The third kappa shape index (κ3) is 7.13. The predicted molar refractivity (Wildman–Crippen MR) is 110 cm³/mol. The molecule has 31 heavy (non-hydrogen) atoms. The molecule has 0 saturated carbocycles. The Hall–Kier alpha value is -3.90.